The number of rotatable bonds is 3. The number of carbonyl (C=O) groups excluding carboxylic acids is 1. The van der Waals surface area contributed by atoms with E-state index >= 15 is 0 Å². The lowest BCUT2D eigenvalue weighted by molar-refractivity contribution is -0.116. The van der Waals surface area contributed by atoms with Crippen molar-refractivity contribution in [1.82, 2.24) is 0 Å². The fourth-order valence-corrected chi connectivity index (χ4v) is 5.08. The van der Waals surface area contributed by atoms with Gasteiger partial charge in [-0.05, 0) is 63.7 Å². The largest absolute Gasteiger partial charge is 0.503 e. The molecular weight excluding hydrogens is 468 g/mol. The molecule has 0 fully saturated rings. The predicted molar refractivity (Wildman–Crippen MR) is 129 cm³/mol. The van der Waals surface area contributed by atoms with E-state index < -0.39 is 0 Å². The van der Waals surface area contributed by atoms with Gasteiger partial charge in [0.15, 0.2) is 17.3 Å². The molecule has 5 nitrogen and oxygen atoms in total. The lowest BCUT2D eigenvalue weighted by Crippen LogP contribution is -2.26. The summed E-state index contributed by atoms with van der Waals surface area (Å²) in [5.74, 6) is 0.633. The van der Waals surface area contributed by atoms with Crippen molar-refractivity contribution in [3.8, 4) is 11.5 Å². The Kier molecular flexibility index (Phi) is 5.39. The van der Waals surface area contributed by atoms with E-state index in [1.165, 1.54) is 12.7 Å². The number of aromatic hydroxyl groups is 1. The summed E-state index contributed by atoms with van der Waals surface area (Å²) in [5, 5.41) is 17.4. The van der Waals surface area contributed by atoms with E-state index in [0.717, 1.165) is 34.6 Å². The van der Waals surface area contributed by atoms with Gasteiger partial charge in [0.05, 0.1) is 29.0 Å². The second kappa shape index (κ2) is 8.36. The first-order valence-electron chi connectivity index (χ1n) is 10.6. The Morgan fingerprint density at radius 2 is 1.69 bits per heavy atom. The smallest absolute Gasteiger partial charge is 0.172 e. The first-order chi connectivity index (χ1) is 15.5. The number of carbonyl (C=O) groups is 1. The van der Waals surface area contributed by atoms with Crippen molar-refractivity contribution >= 4 is 33.1 Å². The average molecular weight is 491 g/mol. The number of benzene rings is 3. The van der Waals surface area contributed by atoms with Crippen LogP contribution in [0.4, 0.5) is 11.4 Å². The predicted octanol–water partition coefficient (Wildman–Crippen LogP) is 6.14. The van der Waals surface area contributed by atoms with Crippen LogP contribution in [0.5, 0.6) is 11.5 Å². The molecule has 1 aliphatic heterocycles. The van der Waals surface area contributed by atoms with Gasteiger partial charge in [0.2, 0.25) is 0 Å². The number of allylic oxidation sites excluding steroid dienone is 1. The second-order valence-electron chi connectivity index (χ2n) is 8.13. The summed E-state index contributed by atoms with van der Waals surface area (Å²) in [6.45, 7) is 0. The van der Waals surface area contributed by atoms with Crippen LogP contribution in [0.1, 0.15) is 35.9 Å². The highest BCUT2D eigenvalue weighted by Crippen LogP contribution is 2.46. The monoisotopic (exact) mass is 490 g/mol. The number of nitrogens with one attached hydrogen (secondary N) is 2. The average Bonchev–Trinajstić information content (AvgIpc) is 2.98. The van der Waals surface area contributed by atoms with Crippen molar-refractivity contribution in [3.05, 3.63) is 93.6 Å². The van der Waals surface area contributed by atoms with Crippen LogP contribution in [0.15, 0.2) is 82.5 Å². The molecule has 0 saturated heterocycles. The summed E-state index contributed by atoms with van der Waals surface area (Å²) in [6, 6.07) is 21.4. The number of halogens is 1. The number of Topliss-reactive ketones (excluding diaryl/α,β-unsaturated/α-hetero) is 1. The van der Waals surface area contributed by atoms with Crippen LogP contribution in [0.2, 0.25) is 0 Å². The van der Waals surface area contributed by atoms with Crippen LogP contribution in [-0.2, 0) is 4.79 Å². The third-order valence-corrected chi connectivity index (χ3v) is 6.79. The lowest BCUT2D eigenvalue weighted by Gasteiger charge is -2.30. The quantitative estimate of drug-likeness (QED) is 0.411. The fourth-order valence-electron chi connectivity index (χ4n) is 4.62. The Balaban J connectivity index is 1.65. The van der Waals surface area contributed by atoms with Crippen LogP contribution in [0.3, 0.4) is 0 Å². The third kappa shape index (κ3) is 3.65. The van der Waals surface area contributed by atoms with Gasteiger partial charge in [-0.1, -0.05) is 42.5 Å². The number of anilines is 2. The van der Waals surface area contributed by atoms with Crippen molar-refractivity contribution in [2.45, 2.75) is 24.8 Å². The Bertz CT molecular complexity index is 1220. The Labute approximate surface area is 195 Å². The molecule has 5 rings (SSSR count). The summed E-state index contributed by atoms with van der Waals surface area (Å²) in [5.41, 5.74) is 5.52. The van der Waals surface area contributed by atoms with Gasteiger partial charge in [0, 0.05) is 17.7 Å². The molecule has 1 aliphatic carbocycles. The number of phenolic OH excluding ortho intramolecular Hbond substituents is 1. The van der Waals surface area contributed by atoms with E-state index in [2.05, 4.69) is 38.7 Å². The zero-order valence-corrected chi connectivity index (χ0v) is 19.1. The first kappa shape index (κ1) is 20.6. The van der Waals surface area contributed by atoms with Gasteiger partial charge < -0.3 is 20.5 Å². The van der Waals surface area contributed by atoms with Crippen LogP contribution in [-0.4, -0.2) is 18.0 Å². The molecule has 3 aromatic carbocycles. The number of hydrogen-bond acceptors (Lipinski definition) is 5. The SMILES string of the molecule is COc1cc([C@@H]2Nc3ccccc3NC3=C2C(=O)C[C@H](c2ccccc2)C3)cc(Br)c1O. The molecular formula is C26H23BrN2O3. The molecule has 162 valence electrons. The molecule has 0 amide bonds. The fraction of sp³-hybridized carbons (Fsp3) is 0.192. The standard InChI is InChI=1S/C26H23BrN2O3/c1-32-23-14-17(11-18(27)26(23)31)25-24-21(28-19-9-5-6-10-20(19)29-25)12-16(13-22(24)30)15-7-3-2-4-8-15/h2-11,14,16,25,28-29,31H,12-13H2,1H3/t16-,25+/m1/s1. The molecule has 0 saturated carbocycles. The molecule has 32 heavy (non-hydrogen) atoms. The van der Waals surface area contributed by atoms with Gasteiger partial charge >= 0.3 is 0 Å². The second-order valence-corrected chi connectivity index (χ2v) is 8.99. The molecule has 2 atom stereocenters. The third-order valence-electron chi connectivity index (χ3n) is 6.18. The lowest BCUT2D eigenvalue weighted by atomic mass is 9.78. The van der Waals surface area contributed by atoms with Gasteiger partial charge in [-0.2, -0.15) is 0 Å². The van der Waals surface area contributed by atoms with Crippen LogP contribution < -0.4 is 15.4 Å². The van der Waals surface area contributed by atoms with Crippen molar-refractivity contribution < 1.29 is 14.6 Å². The van der Waals surface area contributed by atoms with E-state index in [-0.39, 0.29) is 23.5 Å². The van der Waals surface area contributed by atoms with Crippen LogP contribution in [0.25, 0.3) is 0 Å². The summed E-state index contributed by atoms with van der Waals surface area (Å²) in [4.78, 5) is 13.6. The van der Waals surface area contributed by atoms with E-state index in [9.17, 15) is 9.90 Å². The summed E-state index contributed by atoms with van der Waals surface area (Å²) in [6.07, 6.45) is 1.20. The van der Waals surface area contributed by atoms with E-state index in [1.54, 1.807) is 6.07 Å². The summed E-state index contributed by atoms with van der Waals surface area (Å²) >= 11 is 3.42. The van der Waals surface area contributed by atoms with E-state index in [1.807, 2.05) is 48.5 Å². The van der Waals surface area contributed by atoms with Crippen molar-refractivity contribution in [1.29, 1.82) is 0 Å². The van der Waals surface area contributed by atoms with Crippen LogP contribution >= 0.6 is 15.9 Å². The number of fused-ring (bicyclic) bond motifs is 1. The minimum absolute atomic E-state index is 0.0386. The summed E-state index contributed by atoms with van der Waals surface area (Å²) < 4.78 is 5.89. The molecule has 0 radical (unpaired) electrons. The highest BCUT2D eigenvalue weighted by atomic mass is 79.9. The molecule has 0 spiro atoms. The molecule has 6 heteroatoms. The molecule has 1 heterocycles. The zero-order chi connectivity index (χ0) is 22.2. The topological polar surface area (TPSA) is 70.6 Å². The molecule has 3 N–H and O–H groups in total. The molecule has 3 aromatic rings. The van der Waals surface area contributed by atoms with Gasteiger partial charge in [0.25, 0.3) is 0 Å². The molecule has 0 bridgehead atoms. The Morgan fingerprint density at radius 1 is 0.969 bits per heavy atom. The van der Waals surface area contributed by atoms with Crippen molar-refractivity contribution in [2.75, 3.05) is 17.7 Å². The first-order valence-corrected chi connectivity index (χ1v) is 11.3. The maximum atomic E-state index is 13.6. The highest BCUT2D eigenvalue weighted by Gasteiger charge is 2.36. The van der Waals surface area contributed by atoms with Gasteiger partial charge in [-0.25, -0.2) is 0 Å². The van der Waals surface area contributed by atoms with E-state index in [4.69, 9.17) is 4.74 Å². The number of ketones is 1. The number of phenols is 1. The maximum Gasteiger partial charge on any atom is 0.172 e. The number of para-hydroxylation sites is 2. The van der Waals surface area contributed by atoms with Crippen LogP contribution in [0, 0.1) is 0 Å². The van der Waals surface area contributed by atoms with Crippen molar-refractivity contribution in [3.63, 3.8) is 0 Å². The maximum absolute atomic E-state index is 13.6. The number of methoxy groups -OCH3 is 1. The number of ether oxygens (including phenoxy) is 1. The molecule has 2 aliphatic rings. The Morgan fingerprint density at radius 3 is 2.44 bits per heavy atom. The minimum atomic E-state index is -0.379. The zero-order valence-electron chi connectivity index (χ0n) is 17.6. The van der Waals surface area contributed by atoms with Crippen molar-refractivity contribution in [2.24, 2.45) is 0 Å². The van der Waals surface area contributed by atoms with E-state index in [0.29, 0.717) is 16.6 Å². The normalized spacial score (nSPS) is 19.9. The van der Waals surface area contributed by atoms with Gasteiger partial charge in [0.1, 0.15) is 0 Å². The molecule has 0 unspecified atom stereocenters. The van der Waals surface area contributed by atoms with Gasteiger partial charge in [-0.3, -0.25) is 4.79 Å². The number of hydrogen-bond donors (Lipinski definition) is 3. The molecule has 0 aromatic heterocycles. The van der Waals surface area contributed by atoms with Gasteiger partial charge in [-0.15, -0.1) is 0 Å². The highest BCUT2D eigenvalue weighted by molar-refractivity contribution is 9.10. The summed E-state index contributed by atoms with van der Waals surface area (Å²) in [7, 11) is 1.52. The minimum Gasteiger partial charge on any atom is -0.503 e. The Hall–Kier alpha value is -3.25.